The number of nitrogens with zero attached hydrogens (tertiary/aromatic N) is 2. The predicted molar refractivity (Wildman–Crippen MR) is 76.2 cm³/mol. The Balaban J connectivity index is 1.87. The molecule has 0 amide bonds. The van der Waals surface area contributed by atoms with E-state index in [4.69, 9.17) is 9.78 Å². The van der Waals surface area contributed by atoms with Crippen LogP contribution in [0.3, 0.4) is 0 Å². The zero-order valence-electron chi connectivity index (χ0n) is 11.5. The third-order valence-electron chi connectivity index (χ3n) is 2.87. The fraction of sp³-hybridized carbons (Fsp3) is 0.286. The molecule has 1 heterocycles. The second kappa shape index (κ2) is 6.52. The normalized spacial score (nSPS) is 11.2. The molecule has 0 saturated carbocycles. The highest BCUT2D eigenvalue weighted by atomic mass is 32.2. The van der Waals surface area contributed by atoms with Crippen molar-refractivity contribution in [1.29, 1.82) is 5.26 Å². The first-order chi connectivity index (χ1) is 10.0. The summed E-state index contributed by atoms with van der Waals surface area (Å²) in [5.41, 5.74) is 1.18. The van der Waals surface area contributed by atoms with Gasteiger partial charge in [0.25, 0.3) is 0 Å². The van der Waals surface area contributed by atoms with Gasteiger partial charge in [-0.15, -0.1) is 0 Å². The molecule has 0 atom stereocenters. The first-order valence-electron chi connectivity index (χ1n) is 6.37. The summed E-state index contributed by atoms with van der Waals surface area (Å²) in [5, 5.41) is 15.5. The van der Waals surface area contributed by atoms with Crippen LogP contribution < -0.4 is 5.32 Å². The SMILES string of the molecule is Cc1cc(CNCCS(=O)(=O)c2ccc(C#N)cc2)no1. The second-order valence-electron chi connectivity index (χ2n) is 4.56. The van der Waals surface area contributed by atoms with Crippen LogP contribution in [0.25, 0.3) is 0 Å². The van der Waals surface area contributed by atoms with Gasteiger partial charge >= 0.3 is 0 Å². The van der Waals surface area contributed by atoms with Crippen molar-refractivity contribution in [3.05, 3.63) is 47.3 Å². The minimum Gasteiger partial charge on any atom is -0.361 e. The Morgan fingerprint density at radius 1 is 1.33 bits per heavy atom. The van der Waals surface area contributed by atoms with Gasteiger partial charge < -0.3 is 9.84 Å². The van der Waals surface area contributed by atoms with Gasteiger partial charge in [-0.25, -0.2) is 8.42 Å². The first-order valence-corrected chi connectivity index (χ1v) is 8.02. The maximum Gasteiger partial charge on any atom is 0.179 e. The Morgan fingerprint density at radius 3 is 2.62 bits per heavy atom. The number of hydrogen-bond acceptors (Lipinski definition) is 6. The van der Waals surface area contributed by atoms with E-state index in [1.54, 1.807) is 13.0 Å². The molecule has 0 fully saturated rings. The van der Waals surface area contributed by atoms with Crippen LogP contribution >= 0.6 is 0 Å². The van der Waals surface area contributed by atoms with Gasteiger partial charge in [0.1, 0.15) is 5.76 Å². The van der Waals surface area contributed by atoms with Crippen molar-refractivity contribution in [1.82, 2.24) is 10.5 Å². The molecule has 7 heteroatoms. The fourth-order valence-corrected chi connectivity index (χ4v) is 2.98. The smallest absolute Gasteiger partial charge is 0.179 e. The van der Waals surface area contributed by atoms with Crippen molar-refractivity contribution in [2.24, 2.45) is 0 Å². The molecule has 0 radical (unpaired) electrons. The summed E-state index contributed by atoms with van der Waals surface area (Å²) in [5.74, 6) is 0.701. The van der Waals surface area contributed by atoms with Crippen LogP contribution in [0, 0.1) is 18.3 Å². The Morgan fingerprint density at radius 2 is 2.05 bits per heavy atom. The molecule has 2 rings (SSSR count). The van der Waals surface area contributed by atoms with Gasteiger partial charge in [-0.3, -0.25) is 0 Å². The maximum atomic E-state index is 12.1. The van der Waals surface area contributed by atoms with Crippen LogP contribution in [0.1, 0.15) is 17.0 Å². The molecule has 0 unspecified atom stereocenters. The zero-order chi connectivity index (χ0) is 15.3. The number of hydrogen-bond donors (Lipinski definition) is 1. The molecule has 1 N–H and O–H groups in total. The Bertz CT molecular complexity index is 743. The van der Waals surface area contributed by atoms with E-state index >= 15 is 0 Å². The van der Waals surface area contributed by atoms with E-state index in [0.717, 1.165) is 11.5 Å². The maximum absolute atomic E-state index is 12.1. The number of aryl methyl sites for hydroxylation is 1. The monoisotopic (exact) mass is 305 g/mol. The number of rotatable bonds is 6. The summed E-state index contributed by atoms with van der Waals surface area (Å²) in [4.78, 5) is 0.223. The molecule has 0 aliphatic heterocycles. The number of benzene rings is 1. The molecule has 0 bridgehead atoms. The van der Waals surface area contributed by atoms with Crippen molar-refractivity contribution in [2.45, 2.75) is 18.4 Å². The Hall–Kier alpha value is -2.17. The van der Waals surface area contributed by atoms with E-state index in [9.17, 15) is 8.42 Å². The van der Waals surface area contributed by atoms with E-state index in [-0.39, 0.29) is 10.6 Å². The summed E-state index contributed by atoms with van der Waals surface area (Å²) in [6.45, 7) is 2.57. The molecule has 0 saturated heterocycles. The van der Waals surface area contributed by atoms with Crippen molar-refractivity contribution < 1.29 is 12.9 Å². The minimum atomic E-state index is -3.35. The number of nitriles is 1. The molecular weight excluding hydrogens is 290 g/mol. The van der Waals surface area contributed by atoms with Crippen LogP contribution in [0.5, 0.6) is 0 Å². The zero-order valence-corrected chi connectivity index (χ0v) is 12.4. The van der Waals surface area contributed by atoms with Gasteiger partial charge in [0, 0.05) is 19.2 Å². The first kappa shape index (κ1) is 15.2. The molecule has 0 aliphatic rings. The Labute approximate surface area is 123 Å². The summed E-state index contributed by atoms with van der Waals surface area (Å²) in [6, 6.07) is 9.65. The molecular formula is C14H15N3O3S. The molecule has 21 heavy (non-hydrogen) atoms. The largest absolute Gasteiger partial charge is 0.361 e. The summed E-state index contributed by atoms with van der Waals surface area (Å²) in [7, 11) is -3.35. The van der Waals surface area contributed by atoms with Gasteiger partial charge in [-0.1, -0.05) is 5.16 Å². The van der Waals surface area contributed by atoms with Crippen LogP contribution in [0.2, 0.25) is 0 Å². The number of nitrogens with one attached hydrogen (secondary N) is 1. The van der Waals surface area contributed by atoms with E-state index in [2.05, 4.69) is 10.5 Å². The number of sulfone groups is 1. The minimum absolute atomic E-state index is 0.0181. The molecule has 110 valence electrons. The fourth-order valence-electron chi connectivity index (χ4n) is 1.78. The number of aromatic nitrogens is 1. The second-order valence-corrected chi connectivity index (χ2v) is 6.67. The van der Waals surface area contributed by atoms with Crippen LogP contribution in [0.15, 0.2) is 39.8 Å². The van der Waals surface area contributed by atoms with Crippen LogP contribution in [0.4, 0.5) is 0 Å². The highest BCUT2D eigenvalue weighted by molar-refractivity contribution is 7.91. The lowest BCUT2D eigenvalue weighted by Gasteiger charge is -2.05. The van der Waals surface area contributed by atoms with Crippen molar-refractivity contribution >= 4 is 9.84 Å². The molecule has 6 nitrogen and oxygen atoms in total. The van der Waals surface area contributed by atoms with Gasteiger partial charge in [0.2, 0.25) is 0 Å². The predicted octanol–water partition coefficient (Wildman–Crippen LogP) is 1.42. The van der Waals surface area contributed by atoms with Crippen molar-refractivity contribution in [3.8, 4) is 6.07 Å². The standard InChI is InChI=1S/C14H15N3O3S/c1-11-8-13(17-20-11)10-16-6-7-21(18,19)14-4-2-12(9-15)3-5-14/h2-5,8,16H,6-7,10H2,1H3. The summed E-state index contributed by atoms with van der Waals surface area (Å²) < 4.78 is 29.1. The molecule has 2 aromatic rings. The van der Waals surface area contributed by atoms with Gasteiger partial charge in [0.05, 0.1) is 28.0 Å². The van der Waals surface area contributed by atoms with Crippen molar-refractivity contribution in [2.75, 3.05) is 12.3 Å². The molecule has 0 spiro atoms. The lowest BCUT2D eigenvalue weighted by molar-refractivity contribution is 0.388. The lowest BCUT2D eigenvalue weighted by Crippen LogP contribution is -2.22. The third kappa shape index (κ3) is 4.15. The van der Waals surface area contributed by atoms with E-state index in [0.29, 0.717) is 18.7 Å². The molecule has 0 aliphatic carbocycles. The quantitative estimate of drug-likeness (QED) is 0.811. The highest BCUT2D eigenvalue weighted by Crippen LogP contribution is 2.11. The van der Waals surface area contributed by atoms with Gasteiger partial charge in [-0.2, -0.15) is 5.26 Å². The van der Waals surface area contributed by atoms with Crippen molar-refractivity contribution in [3.63, 3.8) is 0 Å². The topological polar surface area (TPSA) is 96.0 Å². The summed E-state index contributed by atoms with van der Waals surface area (Å²) >= 11 is 0. The average Bonchev–Trinajstić information content (AvgIpc) is 2.89. The van der Waals surface area contributed by atoms with E-state index < -0.39 is 9.84 Å². The van der Waals surface area contributed by atoms with E-state index in [1.165, 1.54) is 24.3 Å². The molecule has 1 aromatic heterocycles. The highest BCUT2D eigenvalue weighted by Gasteiger charge is 2.13. The molecule has 1 aromatic carbocycles. The summed E-state index contributed by atoms with van der Waals surface area (Å²) in [6.07, 6.45) is 0. The lowest BCUT2D eigenvalue weighted by atomic mass is 10.2. The van der Waals surface area contributed by atoms with Gasteiger partial charge in [0.15, 0.2) is 9.84 Å². The van der Waals surface area contributed by atoms with Crippen LogP contribution in [-0.2, 0) is 16.4 Å². The van der Waals surface area contributed by atoms with E-state index in [1.807, 2.05) is 6.07 Å². The third-order valence-corrected chi connectivity index (χ3v) is 4.60. The van der Waals surface area contributed by atoms with Crippen LogP contribution in [-0.4, -0.2) is 25.9 Å². The Kier molecular flexibility index (Phi) is 4.73. The average molecular weight is 305 g/mol. The van der Waals surface area contributed by atoms with Gasteiger partial charge in [-0.05, 0) is 31.2 Å².